The largest absolute Gasteiger partial charge is 0.460 e. The number of sulfonamides is 1. The van der Waals surface area contributed by atoms with Gasteiger partial charge in [0.2, 0.25) is 10.0 Å². The lowest BCUT2D eigenvalue weighted by atomic mass is 10.1. The van der Waals surface area contributed by atoms with E-state index in [2.05, 4.69) is 5.32 Å². The number of benzene rings is 3. The number of anilines is 1. The molecule has 0 fully saturated rings. The van der Waals surface area contributed by atoms with E-state index in [4.69, 9.17) is 16.0 Å². The third kappa shape index (κ3) is 7.24. The van der Waals surface area contributed by atoms with Crippen LogP contribution in [0.3, 0.4) is 0 Å². The average Bonchev–Trinajstić information content (AvgIpc) is 3.36. The number of amides is 1. The Labute approximate surface area is 233 Å². The van der Waals surface area contributed by atoms with Crippen LogP contribution in [-0.4, -0.2) is 18.6 Å². The monoisotopic (exact) mass is 559 g/mol. The number of rotatable bonds is 9. The van der Waals surface area contributed by atoms with Gasteiger partial charge in [-0.2, -0.15) is 9.57 Å². The van der Waals surface area contributed by atoms with Crippen molar-refractivity contribution in [3.8, 4) is 6.07 Å². The third-order valence-electron chi connectivity index (χ3n) is 5.91. The highest BCUT2D eigenvalue weighted by Crippen LogP contribution is 2.24. The van der Waals surface area contributed by atoms with Gasteiger partial charge in [0, 0.05) is 23.3 Å². The first-order valence-electron chi connectivity index (χ1n) is 12.0. The second-order valence-corrected chi connectivity index (χ2v) is 11.4. The number of hydrogen-bond donors (Lipinski definition) is 1. The molecule has 1 N–H and O–H groups in total. The van der Waals surface area contributed by atoms with Gasteiger partial charge in [0.05, 0.1) is 11.4 Å². The van der Waals surface area contributed by atoms with E-state index < -0.39 is 15.9 Å². The Kier molecular flexibility index (Phi) is 8.67. The van der Waals surface area contributed by atoms with Crippen LogP contribution >= 0.6 is 11.6 Å². The second-order valence-electron chi connectivity index (χ2n) is 9.01. The average molecular weight is 560 g/mol. The van der Waals surface area contributed by atoms with E-state index in [9.17, 15) is 18.5 Å². The molecular weight excluding hydrogens is 534 g/mol. The lowest BCUT2D eigenvalue weighted by Gasteiger charge is -2.21. The number of halogens is 1. The Morgan fingerprint density at radius 1 is 0.923 bits per heavy atom. The molecule has 0 saturated carbocycles. The van der Waals surface area contributed by atoms with E-state index in [-0.39, 0.29) is 29.3 Å². The summed E-state index contributed by atoms with van der Waals surface area (Å²) in [5, 5.41) is 12.7. The molecule has 4 rings (SSSR count). The molecule has 0 radical (unpaired) electrons. The molecule has 4 aromatic rings. The quantitative estimate of drug-likeness (QED) is 0.186. The highest BCUT2D eigenvalue weighted by Gasteiger charge is 2.26. The van der Waals surface area contributed by atoms with Crippen LogP contribution in [0.1, 0.15) is 28.2 Å². The zero-order chi connectivity index (χ0) is 28.0. The summed E-state index contributed by atoms with van der Waals surface area (Å²) >= 11 is 5.97. The summed E-state index contributed by atoms with van der Waals surface area (Å²) in [6, 6.07) is 25.9. The van der Waals surface area contributed by atoms with Crippen LogP contribution in [0.25, 0.3) is 6.08 Å². The van der Waals surface area contributed by atoms with Crippen molar-refractivity contribution < 1.29 is 17.6 Å². The summed E-state index contributed by atoms with van der Waals surface area (Å²) in [5.41, 5.74) is 3.33. The minimum absolute atomic E-state index is 0.0654. The van der Waals surface area contributed by atoms with Crippen molar-refractivity contribution in [2.45, 2.75) is 31.8 Å². The number of carbonyl (C=O) groups excluding carboxylic acids is 1. The maximum Gasteiger partial charge on any atom is 0.266 e. The van der Waals surface area contributed by atoms with Crippen molar-refractivity contribution >= 4 is 39.3 Å². The zero-order valence-corrected chi connectivity index (χ0v) is 23.0. The fraction of sp³-hybridized carbons (Fsp3) is 0.133. The Balaban J connectivity index is 1.57. The van der Waals surface area contributed by atoms with Gasteiger partial charge in [-0.3, -0.25) is 4.79 Å². The topological polar surface area (TPSA) is 103 Å². The van der Waals surface area contributed by atoms with Crippen LogP contribution < -0.4 is 5.32 Å². The molecule has 1 amide bonds. The fourth-order valence-electron chi connectivity index (χ4n) is 3.74. The molecule has 0 aliphatic rings. The van der Waals surface area contributed by atoms with Crippen molar-refractivity contribution in [1.82, 2.24) is 4.31 Å². The van der Waals surface area contributed by atoms with Crippen LogP contribution in [-0.2, 0) is 27.9 Å². The van der Waals surface area contributed by atoms with Gasteiger partial charge in [-0.25, -0.2) is 8.42 Å². The zero-order valence-electron chi connectivity index (χ0n) is 21.4. The molecule has 9 heteroatoms. The third-order valence-corrected chi connectivity index (χ3v) is 7.96. The first kappa shape index (κ1) is 27.9. The van der Waals surface area contributed by atoms with Crippen molar-refractivity contribution in [1.29, 1.82) is 5.26 Å². The van der Waals surface area contributed by atoms with Crippen LogP contribution in [0.5, 0.6) is 0 Å². The minimum Gasteiger partial charge on any atom is -0.460 e. The van der Waals surface area contributed by atoms with Gasteiger partial charge in [-0.05, 0) is 67.9 Å². The molecule has 198 valence electrons. The Morgan fingerprint density at radius 3 is 2.15 bits per heavy atom. The fourth-order valence-corrected chi connectivity index (χ4v) is 5.26. The van der Waals surface area contributed by atoms with E-state index >= 15 is 0 Å². The number of nitrogens with zero attached hydrogens (tertiary/aromatic N) is 2. The normalized spacial score (nSPS) is 11.8. The predicted octanol–water partition coefficient (Wildman–Crippen LogP) is 6.49. The number of carbonyl (C=O) groups is 1. The first-order chi connectivity index (χ1) is 18.6. The molecule has 1 aromatic heterocycles. The van der Waals surface area contributed by atoms with E-state index in [1.165, 1.54) is 34.6 Å². The van der Waals surface area contributed by atoms with Gasteiger partial charge in [0.15, 0.2) is 0 Å². The van der Waals surface area contributed by atoms with Gasteiger partial charge in [-0.1, -0.05) is 59.1 Å². The SMILES string of the molecule is Cc1ccc(CN(Cc2ccc(/C=C(/C#N)C(=O)Nc3ccc(C)cc3)o2)S(=O)(=O)c2ccc(Cl)cc2)cc1. The van der Waals surface area contributed by atoms with Crippen molar-refractivity contribution in [3.05, 3.63) is 124 Å². The van der Waals surface area contributed by atoms with Crippen LogP contribution in [0.15, 0.2) is 99.8 Å². The minimum atomic E-state index is -3.91. The Bertz CT molecular complexity index is 1630. The number of aryl methyl sites for hydroxylation is 2. The molecule has 7 nitrogen and oxygen atoms in total. The van der Waals surface area contributed by atoms with Crippen LogP contribution in [0.4, 0.5) is 5.69 Å². The standard InChI is InChI=1S/C30H26ClN3O4S/c1-21-3-7-23(8-4-21)19-34(39(36,37)29-15-9-25(31)10-16-29)20-28-14-13-27(38-28)17-24(18-32)30(35)33-26-11-5-22(2)6-12-26/h3-17H,19-20H2,1-2H3,(H,33,35)/b24-17-. The van der Waals surface area contributed by atoms with Gasteiger partial charge >= 0.3 is 0 Å². The predicted molar refractivity (Wildman–Crippen MR) is 151 cm³/mol. The van der Waals surface area contributed by atoms with Crippen LogP contribution in [0, 0.1) is 25.2 Å². The van der Waals surface area contributed by atoms with Crippen molar-refractivity contribution in [2.24, 2.45) is 0 Å². The number of nitrogens with one attached hydrogen (secondary N) is 1. The number of furan rings is 1. The Morgan fingerprint density at radius 2 is 1.54 bits per heavy atom. The lowest BCUT2D eigenvalue weighted by Crippen LogP contribution is -2.30. The van der Waals surface area contributed by atoms with Gasteiger partial charge in [0.1, 0.15) is 23.2 Å². The molecule has 0 unspecified atom stereocenters. The number of nitriles is 1. The lowest BCUT2D eigenvalue weighted by molar-refractivity contribution is -0.112. The van der Waals surface area contributed by atoms with Gasteiger partial charge < -0.3 is 9.73 Å². The molecule has 39 heavy (non-hydrogen) atoms. The molecule has 0 spiro atoms. The van der Waals surface area contributed by atoms with E-state index in [1.54, 1.807) is 24.3 Å². The Hall–Kier alpha value is -4.16. The molecule has 3 aromatic carbocycles. The van der Waals surface area contributed by atoms with Gasteiger partial charge in [0.25, 0.3) is 5.91 Å². The molecule has 0 aliphatic carbocycles. The summed E-state index contributed by atoms with van der Waals surface area (Å²) in [6.45, 7) is 3.94. The molecular formula is C30H26ClN3O4S. The van der Waals surface area contributed by atoms with E-state index in [0.717, 1.165) is 16.7 Å². The summed E-state index contributed by atoms with van der Waals surface area (Å²) in [7, 11) is -3.91. The van der Waals surface area contributed by atoms with Gasteiger partial charge in [-0.15, -0.1) is 0 Å². The maximum atomic E-state index is 13.6. The number of hydrogen-bond acceptors (Lipinski definition) is 5. The van der Waals surface area contributed by atoms with Crippen molar-refractivity contribution in [2.75, 3.05) is 5.32 Å². The summed E-state index contributed by atoms with van der Waals surface area (Å²) in [4.78, 5) is 12.7. The molecule has 0 bridgehead atoms. The van der Waals surface area contributed by atoms with E-state index in [1.807, 2.05) is 56.3 Å². The molecule has 0 saturated heterocycles. The van der Waals surface area contributed by atoms with E-state index in [0.29, 0.717) is 16.5 Å². The van der Waals surface area contributed by atoms with Crippen molar-refractivity contribution in [3.63, 3.8) is 0 Å². The molecule has 1 heterocycles. The maximum absolute atomic E-state index is 13.6. The smallest absolute Gasteiger partial charge is 0.266 e. The highest BCUT2D eigenvalue weighted by molar-refractivity contribution is 7.89. The second kappa shape index (κ2) is 12.1. The first-order valence-corrected chi connectivity index (χ1v) is 13.9. The summed E-state index contributed by atoms with van der Waals surface area (Å²) in [6.07, 6.45) is 1.32. The molecule has 0 atom stereocenters. The highest BCUT2D eigenvalue weighted by atomic mass is 35.5. The molecule has 0 aliphatic heterocycles. The summed E-state index contributed by atoms with van der Waals surface area (Å²) < 4.78 is 34.3. The summed E-state index contributed by atoms with van der Waals surface area (Å²) in [5.74, 6) is 0.0209. The van der Waals surface area contributed by atoms with Crippen LogP contribution in [0.2, 0.25) is 5.02 Å².